The summed E-state index contributed by atoms with van der Waals surface area (Å²) in [5.74, 6) is -1.55. The molecule has 0 aliphatic carbocycles. The molecule has 0 radical (unpaired) electrons. The van der Waals surface area contributed by atoms with Crippen LogP contribution in [0.1, 0.15) is 31.7 Å². The number of phenolic OH excluding ortho intramolecular Hbond substituents is 1. The number of carbonyl (C=O) groups excluding carboxylic acids is 2. The molecule has 1 aliphatic rings. The van der Waals surface area contributed by atoms with Gasteiger partial charge in [-0.15, -0.1) is 0 Å². The van der Waals surface area contributed by atoms with E-state index < -0.39 is 17.7 Å². The van der Waals surface area contributed by atoms with Crippen LogP contribution in [0.5, 0.6) is 5.75 Å². The SMILES string of the molecule is CC(=O)CC(=O)CC1CC(c2ccc(O)c(F)c2)=NO1. The molecule has 0 amide bonds. The van der Waals surface area contributed by atoms with E-state index in [0.717, 1.165) is 6.07 Å². The highest BCUT2D eigenvalue weighted by Crippen LogP contribution is 2.23. The van der Waals surface area contributed by atoms with Crippen molar-refractivity contribution < 1.29 is 23.9 Å². The second kappa shape index (κ2) is 5.81. The van der Waals surface area contributed by atoms with E-state index in [1.165, 1.54) is 19.1 Å². The Morgan fingerprint density at radius 3 is 2.90 bits per heavy atom. The topological polar surface area (TPSA) is 76.0 Å². The zero-order chi connectivity index (χ0) is 14.7. The zero-order valence-corrected chi connectivity index (χ0v) is 10.9. The van der Waals surface area contributed by atoms with Gasteiger partial charge in [-0.2, -0.15) is 0 Å². The number of oxime groups is 1. The van der Waals surface area contributed by atoms with Crippen molar-refractivity contribution in [2.75, 3.05) is 0 Å². The van der Waals surface area contributed by atoms with Gasteiger partial charge in [0.05, 0.1) is 12.1 Å². The number of hydrogen-bond donors (Lipinski definition) is 1. The third-order valence-corrected chi connectivity index (χ3v) is 2.92. The van der Waals surface area contributed by atoms with Crippen LogP contribution in [0.25, 0.3) is 0 Å². The molecule has 1 atom stereocenters. The van der Waals surface area contributed by atoms with E-state index in [0.29, 0.717) is 17.7 Å². The van der Waals surface area contributed by atoms with Crippen LogP contribution in [0.3, 0.4) is 0 Å². The largest absolute Gasteiger partial charge is 0.505 e. The standard InChI is InChI=1S/C14H14FNO4/c1-8(17)4-10(18)6-11-7-13(16-20-11)9-2-3-14(19)12(15)5-9/h2-3,5,11,19H,4,6-7H2,1H3. The van der Waals surface area contributed by atoms with Gasteiger partial charge in [-0.3, -0.25) is 9.59 Å². The Morgan fingerprint density at radius 2 is 2.25 bits per heavy atom. The Kier molecular flexibility index (Phi) is 4.12. The quantitative estimate of drug-likeness (QED) is 0.836. The molecule has 1 unspecified atom stereocenters. The molecule has 1 aromatic rings. The number of ketones is 2. The maximum Gasteiger partial charge on any atom is 0.165 e. The number of halogens is 1. The molecule has 1 aromatic carbocycles. The van der Waals surface area contributed by atoms with Gasteiger partial charge in [0.1, 0.15) is 17.7 Å². The first-order valence-electron chi connectivity index (χ1n) is 6.18. The second-order valence-electron chi connectivity index (χ2n) is 4.76. The molecular weight excluding hydrogens is 265 g/mol. The van der Waals surface area contributed by atoms with E-state index in [9.17, 15) is 14.0 Å². The molecule has 0 spiro atoms. The van der Waals surface area contributed by atoms with Gasteiger partial charge >= 0.3 is 0 Å². The van der Waals surface area contributed by atoms with Crippen LogP contribution in [0.4, 0.5) is 4.39 Å². The van der Waals surface area contributed by atoms with Crippen molar-refractivity contribution in [1.29, 1.82) is 0 Å². The van der Waals surface area contributed by atoms with Gasteiger partial charge in [-0.05, 0) is 25.1 Å². The lowest BCUT2D eigenvalue weighted by Gasteiger charge is -2.06. The van der Waals surface area contributed by atoms with Crippen LogP contribution < -0.4 is 0 Å². The van der Waals surface area contributed by atoms with Crippen LogP contribution in [0.15, 0.2) is 23.4 Å². The lowest BCUT2D eigenvalue weighted by atomic mass is 10.0. The van der Waals surface area contributed by atoms with Crippen molar-refractivity contribution in [3.63, 3.8) is 0 Å². The van der Waals surface area contributed by atoms with Gasteiger partial charge in [0.25, 0.3) is 0 Å². The lowest BCUT2D eigenvalue weighted by molar-refractivity contribution is -0.127. The molecule has 0 aromatic heterocycles. The van der Waals surface area contributed by atoms with Crippen LogP contribution in [-0.4, -0.2) is 28.5 Å². The van der Waals surface area contributed by atoms with Gasteiger partial charge in [0, 0.05) is 18.4 Å². The summed E-state index contributed by atoms with van der Waals surface area (Å²) in [6.07, 6.45) is -0.0574. The molecule has 5 nitrogen and oxygen atoms in total. The number of rotatable bonds is 5. The second-order valence-corrected chi connectivity index (χ2v) is 4.76. The van der Waals surface area contributed by atoms with Crippen molar-refractivity contribution >= 4 is 17.3 Å². The Labute approximate surface area is 115 Å². The normalized spacial score (nSPS) is 17.5. The van der Waals surface area contributed by atoms with Crippen LogP contribution in [-0.2, 0) is 14.4 Å². The Balaban J connectivity index is 1.96. The van der Waals surface area contributed by atoms with Gasteiger partial charge in [-0.1, -0.05) is 5.16 Å². The molecule has 0 fully saturated rings. The highest BCUT2D eigenvalue weighted by molar-refractivity contribution is 6.02. The van der Waals surface area contributed by atoms with Crippen molar-refractivity contribution in [2.45, 2.75) is 32.3 Å². The molecule has 0 saturated carbocycles. The number of phenols is 1. The Morgan fingerprint density at radius 1 is 1.50 bits per heavy atom. The average Bonchev–Trinajstić information content (AvgIpc) is 2.80. The number of hydrogen-bond acceptors (Lipinski definition) is 5. The molecule has 0 bridgehead atoms. The predicted molar refractivity (Wildman–Crippen MR) is 69.0 cm³/mol. The van der Waals surface area contributed by atoms with Gasteiger partial charge in [0.15, 0.2) is 11.6 Å². The number of Topliss-reactive ketones (excluding diaryl/α,β-unsaturated/α-hetero) is 2. The van der Waals surface area contributed by atoms with E-state index in [2.05, 4.69) is 5.16 Å². The highest BCUT2D eigenvalue weighted by atomic mass is 19.1. The van der Waals surface area contributed by atoms with E-state index >= 15 is 0 Å². The molecule has 1 N–H and O–H groups in total. The summed E-state index contributed by atoms with van der Waals surface area (Å²) < 4.78 is 13.2. The molecule has 1 aliphatic heterocycles. The summed E-state index contributed by atoms with van der Waals surface area (Å²) in [6, 6.07) is 3.93. The van der Waals surface area contributed by atoms with Crippen molar-refractivity contribution in [3.05, 3.63) is 29.6 Å². The summed E-state index contributed by atoms with van der Waals surface area (Å²) in [6.45, 7) is 1.36. The summed E-state index contributed by atoms with van der Waals surface area (Å²) in [5.41, 5.74) is 1.02. The number of aromatic hydroxyl groups is 1. The van der Waals surface area contributed by atoms with Crippen molar-refractivity contribution in [2.24, 2.45) is 5.16 Å². The summed E-state index contributed by atoms with van der Waals surface area (Å²) in [7, 11) is 0. The zero-order valence-electron chi connectivity index (χ0n) is 10.9. The first-order chi connectivity index (χ1) is 9.45. The fraction of sp³-hybridized carbons (Fsp3) is 0.357. The van der Waals surface area contributed by atoms with Crippen LogP contribution in [0, 0.1) is 5.82 Å². The molecule has 6 heteroatoms. The number of carbonyl (C=O) groups is 2. The van der Waals surface area contributed by atoms with Crippen molar-refractivity contribution in [1.82, 2.24) is 0 Å². The molecule has 2 rings (SSSR count). The van der Waals surface area contributed by atoms with E-state index in [1.54, 1.807) is 0 Å². The van der Waals surface area contributed by atoms with Gasteiger partial charge < -0.3 is 9.94 Å². The minimum Gasteiger partial charge on any atom is -0.505 e. The first kappa shape index (κ1) is 14.2. The van der Waals surface area contributed by atoms with E-state index in [4.69, 9.17) is 9.94 Å². The Hall–Kier alpha value is -2.24. The first-order valence-corrected chi connectivity index (χ1v) is 6.18. The fourth-order valence-electron chi connectivity index (χ4n) is 2.00. The lowest BCUT2D eigenvalue weighted by Crippen LogP contribution is -2.16. The van der Waals surface area contributed by atoms with Crippen molar-refractivity contribution in [3.8, 4) is 5.75 Å². The molecule has 106 valence electrons. The minimum absolute atomic E-state index is 0.104. The van der Waals surface area contributed by atoms with E-state index in [1.807, 2.05) is 0 Å². The maximum atomic E-state index is 13.2. The summed E-state index contributed by atoms with van der Waals surface area (Å²) in [5, 5.41) is 12.9. The van der Waals surface area contributed by atoms with E-state index in [-0.39, 0.29) is 24.4 Å². The smallest absolute Gasteiger partial charge is 0.165 e. The van der Waals surface area contributed by atoms with Gasteiger partial charge in [0.2, 0.25) is 0 Å². The highest BCUT2D eigenvalue weighted by Gasteiger charge is 2.25. The third-order valence-electron chi connectivity index (χ3n) is 2.92. The predicted octanol–water partition coefficient (Wildman–Crippen LogP) is 1.96. The fourth-order valence-corrected chi connectivity index (χ4v) is 2.00. The third kappa shape index (κ3) is 3.40. The molecular formula is C14H14FNO4. The molecule has 0 saturated heterocycles. The molecule has 20 heavy (non-hydrogen) atoms. The minimum atomic E-state index is -0.735. The van der Waals surface area contributed by atoms with Crippen LogP contribution >= 0.6 is 0 Å². The number of nitrogens with zero attached hydrogens (tertiary/aromatic N) is 1. The van der Waals surface area contributed by atoms with Crippen LogP contribution in [0.2, 0.25) is 0 Å². The molecule has 1 heterocycles. The summed E-state index contributed by atoms with van der Waals surface area (Å²) >= 11 is 0. The number of benzene rings is 1. The average molecular weight is 279 g/mol. The summed E-state index contributed by atoms with van der Waals surface area (Å²) in [4.78, 5) is 27.4. The Bertz CT molecular complexity index is 583. The van der Waals surface area contributed by atoms with Gasteiger partial charge in [-0.25, -0.2) is 4.39 Å². The maximum absolute atomic E-state index is 13.2. The monoisotopic (exact) mass is 279 g/mol.